The second-order valence-electron chi connectivity index (χ2n) is 6.28. The summed E-state index contributed by atoms with van der Waals surface area (Å²) >= 11 is 0. The molecule has 0 amide bonds. The van der Waals surface area contributed by atoms with Crippen molar-refractivity contribution in [3.63, 3.8) is 0 Å². The second kappa shape index (κ2) is 7.74. The van der Waals surface area contributed by atoms with E-state index in [-0.39, 0.29) is 0 Å². The van der Waals surface area contributed by atoms with Gasteiger partial charge in [0.25, 0.3) is 0 Å². The zero-order valence-corrected chi connectivity index (χ0v) is 13.2. The molecule has 0 spiro atoms. The first-order valence-electron chi connectivity index (χ1n) is 8.01. The van der Waals surface area contributed by atoms with E-state index in [9.17, 15) is 0 Å². The van der Waals surface area contributed by atoms with Crippen molar-refractivity contribution in [3.8, 4) is 0 Å². The van der Waals surface area contributed by atoms with E-state index in [1.807, 2.05) is 0 Å². The summed E-state index contributed by atoms with van der Waals surface area (Å²) in [6, 6.07) is 0.629. The van der Waals surface area contributed by atoms with E-state index in [2.05, 4.69) is 45.8 Å². The van der Waals surface area contributed by atoms with Crippen LogP contribution in [0, 0.1) is 5.92 Å². The Kier molecular flexibility index (Phi) is 5.98. The first kappa shape index (κ1) is 15.4. The molecule has 1 N–H and O–H groups in total. The molecule has 2 heterocycles. The molecule has 0 saturated carbocycles. The zero-order valence-electron chi connectivity index (χ0n) is 13.2. The van der Waals surface area contributed by atoms with Crippen LogP contribution < -0.4 is 5.32 Å². The van der Waals surface area contributed by atoms with Gasteiger partial charge in [-0.2, -0.15) is 5.10 Å². The molecule has 0 aliphatic carbocycles. The Morgan fingerprint density at radius 3 is 3.05 bits per heavy atom. The molecule has 1 aliphatic rings. The largest absolute Gasteiger partial charge is 0.313 e. The molecule has 0 bridgehead atoms. The third kappa shape index (κ3) is 4.56. The molecule has 5 nitrogen and oxygen atoms in total. The van der Waals surface area contributed by atoms with Crippen molar-refractivity contribution in [2.45, 2.75) is 59.2 Å². The first-order valence-corrected chi connectivity index (χ1v) is 8.01. The summed E-state index contributed by atoms with van der Waals surface area (Å²) in [5, 5.41) is 8.02. The lowest BCUT2D eigenvalue weighted by Crippen LogP contribution is -2.37. The highest BCUT2D eigenvalue weighted by Gasteiger charge is 2.19. The van der Waals surface area contributed by atoms with Crippen LogP contribution in [-0.4, -0.2) is 45.3 Å². The van der Waals surface area contributed by atoms with Gasteiger partial charge >= 0.3 is 0 Å². The van der Waals surface area contributed by atoms with Crippen molar-refractivity contribution in [3.05, 3.63) is 12.2 Å². The molecule has 1 aromatic heterocycles. The second-order valence-corrected chi connectivity index (χ2v) is 6.28. The van der Waals surface area contributed by atoms with Crippen molar-refractivity contribution in [2.75, 3.05) is 19.6 Å². The van der Waals surface area contributed by atoms with Crippen LogP contribution in [-0.2, 0) is 13.1 Å². The van der Waals surface area contributed by atoms with Gasteiger partial charge in [0.2, 0.25) is 0 Å². The molecule has 0 aromatic carbocycles. The molecular formula is C15H29N5. The van der Waals surface area contributed by atoms with Crippen molar-refractivity contribution < 1.29 is 0 Å². The molecule has 1 unspecified atom stereocenters. The molecule has 1 atom stereocenters. The molecule has 114 valence electrons. The standard InChI is InChI=1S/C15H29N5/c1-4-6-14-10-19(8-5-7-16-14)11-15-17-12-18-20(15)9-13(2)3/h12-14,16H,4-11H2,1-3H3. The van der Waals surface area contributed by atoms with Gasteiger partial charge in [0.1, 0.15) is 12.2 Å². The lowest BCUT2D eigenvalue weighted by molar-refractivity contribution is 0.242. The van der Waals surface area contributed by atoms with E-state index >= 15 is 0 Å². The van der Waals surface area contributed by atoms with Gasteiger partial charge in [0.05, 0.1) is 6.54 Å². The fourth-order valence-corrected chi connectivity index (χ4v) is 2.87. The predicted molar refractivity (Wildman–Crippen MR) is 81.5 cm³/mol. The summed E-state index contributed by atoms with van der Waals surface area (Å²) in [5.74, 6) is 1.71. The Morgan fingerprint density at radius 1 is 1.45 bits per heavy atom. The Morgan fingerprint density at radius 2 is 2.30 bits per heavy atom. The van der Waals surface area contributed by atoms with Gasteiger partial charge in [-0.25, -0.2) is 9.67 Å². The quantitative estimate of drug-likeness (QED) is 0.864. The van der Waals surface area contributed by atoms with Gasteiger partial charge in [0.15, 0.2) is 0 Å². The van der Waals surface area contributed by atoms with Gasteiger partial charge in [-0.05, 0) is 31.8 Å². The Hall–Kier alpha value is -0.940. The van der Waals surface area contributed by atoms with Crippen LogP contribution >= 0.6 is 0 Å². The fourth-order valence-electron chi connectivity index (χ4n) is 2.87. The number of nitrogens with one attached hydrogen (secondary N) is 1. The zero-order chi connectivity index (χ0) is 14.4. The molecule has 0 radical (unpaired) electrons. The van der Waals surface area contributed by atoms with Crippen molar-refractivity contribution in [2.24, 2.45) is 5.92 Å². The minimum absolute atomic E-state index is 0.606. The summed E-state index contributed by atoms with van der Waals surface area (Å²) in [6.45, 7) is 12.0. The van der Waals surface area contributed by atoms with E-state index in [4.69, 9.17) is 0 Å². The van der Waals surface area contributed by atoms with Crippen LogP contribution in [0.15, 0.2) is 6.33 Å². The van der Waals surface area contributed by atoms with Crippen LogP contribution in [0.3, 0.4) is 0 Å². The van der Waals surface area contributed by atoms with Crippen LogP contribution in [0.4, 0.5) is 0 Å². The lowest BCUT2D eigenvalue weighted by atomic mass is 10.1. The Labute approximate surface area is 122 Å². The predicted octanol–water partition coefficient (Wildman–Crippen LogP) is 1.90. The summed E-state index contributed by atoms with van der Waals surface area (Å²) in [5.41, 5.74) is 0. The SMILES string of the molecule is CCCC1CN(Cc2ncnn2CC(C)C)CCCN1. The molecular weight excluding hydrogens is 250 g/mol. The van der Waals surface area contributed by atoms with Crippen LogP contribution in [0.25, 0.3) is 0 Å². The van der Waals surface area contributed by atoms with Gasteiger partial charge in [0, 0.05) is 19.1 Å². The Bertz CT molecular complexity index is 387. The normalized spacial score (nSPS) is 21.3. The molecule has 1 aliphatic heterocycles. The van der Waals surface area contributed by atoms with Gasteiger partial charge < -0.3 is 5.32 Å². The fraction of sp³-hybridized carbons (Fsp3) is 0.867. The summed E-state index contributed by atoms with van der Waals surface area (Å²) < 4.78 is 2.07. The molecule has 1 aromatic rings. The average Bonchev–Trinajstić information content (AvgIpc) is 2.69. The highest BCUT2D eigenvalue weighted by atomic mass is 15.3. The summed E-state index contributed by atoms with van der Waals surface area (Å²) in [6.07, 6.45) is 5.42. The first-order chi connectivity index (χ1) is 9.69. The maximum Gasteiger partial charge on any atom is 0.141 e. The maximum atomic E-state index is 4.45. The van der Waals surface area contributed by atoms with Crippen LogP contribution in [0.5, 0.6) is 0 Å². The van der Waals surface area contributed by atoms with Crippen molar-refractivity contribution >= 4 is 0 Å². The topological polar surface area (TPSA) is 46.0 Å². The number of hydrogen-bond acceptors (Lipinski definition) is 4. The number of aromatic nitrogens is 3. The minimum Gasteiger partial charge on any atom is -0.313 e. The highest BCUT2D eigenvalue weighted by molar-refractivity contribution is 4.87. The molecule has 5 heteroatoms. The van der Waals surface area contributed by atoms with Gasteiger partial charge in [-0.1, -0.05) is 27.2 Å². The van der Waals surface area contributed by atoms with Crippen LogP contribution in [0.1, 0.15) is 45.9 Å². The maximum absolute atomic E-state index is 4.45. The number of nitrogens with zero attached hydrogens (tertiary/aromatic N) is 4. The summed E-state index contributed by atoms with van der Waals surface area (Å²) in [7, 11) is 0. The smallest absolute Gasteiger partial charge is 0.141 e. The van der Waals surface area contributed by atoms with Crippen molar-refractivity contribution in [1.29, 1.82) is 0 Å². The van der Waals surface area contributed by atoms with E-state index in [1.165, 1.54) is 19.3 Å². The minimum atomic E-state index is 0.606. The molecule has 2 rings (SSSR count). The van der Waals surface area contributed by atoms with E-state index in [1.54, 1.807) is 6.33 Å². The number of rotatable bonds is 6. The van der Waals surface area contributed by atoms with E-state index in [0.29, 0.717) is 12.0 Å². The monoisotopic (exact) mass is 279 g/mol. The van der Waals surface area contributed by atoms with Gasteiger partial charge in [-0.15, -0.1) is 0 Å². The third-order valence-corrected chi connectivity index (χ3v) is 3.80. The summed E-state index contributed by atoms with van der Waals surface area (Å²) in [4.78, 5) is 6.98. The molecule has 1 saturated heterocycles. The lowest BCUT2D eigenvalue weighted by Gasteiger charge is -2.24. The average molecular weight is 279 g/mol. The number of hydrogen-bond donors (Lipinski definition) is 1. The third-order valence-electron chi connectivity index (χ3n) is 3.80. The van der Waals surface area contributed by atoms with E-state index in [0.717, 1.165) is 38.5 Å². The van der Waals surface area contributed by atoms with Crippen LogP contribution in [0.2, 0.25) is 0 Å². The highest BCUT2D eigenvalue weighted by Crippen LogP contribution is 2.10. The molecule has 1 fully saturated rings. The van der Waals surface area contributed by atoms with E-state index < -0.39 is 0 Å². The van der Waals surface area contributed by atoms with Gasteiger partial charge in [-0.3, -0.25) is 4.90 Å². The Balaban J connectivity index is 1.95. The van der Waals surface area contributed by atoms with Crippen molar-refractivity contribution in [1.82, 2.24) is 25.0 Å². The molecule has 20 heavy (non-hydrogen) atoms.